The zero-order chi connectivity index (χ0) is 16.7. The lowest BCUT2D eigenvalue weighted by Gasteiger charge is -2.11. The fourth-order valence-corrected chi connectivity index (χ4v) is 3.05. The highest BCUT2D eigenvalue weighted by molar-refractivity contribution is 5.84. The molecule has 0 atom stereocenters. The Kier molecular flexibility index (Phi) is 3.34. The third kappa shape index (κ3) is 2.34. The van der Waals surface area contributed by atoms with Crippen molar-refractivity contribution < 1.29 is 4.74 Å². The Hall–Kier alpha value is -3.08. The van der Waals surface area contributed by atoms with Crippen LogP contribution in [0.1, 0.15) is 11.1 Å². The van der Waals surface area contributed by atoms with Crippen LogP contribution >= 0.6 is 0 Å². The number of benzene rings is 1. The number of pyridine rings is 1. The number of H-pyrrole nitrogens is 1. The van der Waals surface area contributed by atoms with E-state index in [-0.39, 0.29) is 0 Å². The van der Waals surface area contributed by atoms with Crippen LogP contribution in [0.5, 0.6) is 11.6 Å². The fourth-order valence-electron chi connectivity index (χ4n) is 3.05. The molecule has 4 rings (SSSR count). The predicted octanol–water partition coefficient (Wildman–Crippen LogP) is 4.37. The standard InChI is InChI=1S/C19H18N4O/c1-12-10-14(4-5-15(12)18-13(2)11-22-23(18)3)24-19-16-6-8-20-17(16)7-9-21-19/h4-11,20H,1-3H3. The summed E-state index contributed by atoms with van der Waals surface area (Å²) in [4.78, 5) is 7.52. The van der Waals surface area contributed by atoms with Crippen LogP contribution in [0.3, 0.4) is 0 Å². The molecule has 3 aromatic heterocycles. The molecule has 0 aliphatic rings. The summed E-state index contributed by atoms with van der Waals surface area (Å²) < 4.78 is 7.91. The van der Waals surface area contributed by atoms with Gasteiger partial charge in [0.15, 0.2) is 0 Å². The first-order valence-corrected chi connectivity index (χ1v) is 7.83. The van der Waals surface area contributed by atoms with E-state index in [1.807, 2.05) is 48.4 Å². The van der Waals surface area contributed by atoms with E-state index in [4.69, 9.17) is 4.74 Å². The molecule has 0 saturated carbocycles. The zero-order valence-corrected chi connectivity index (χ0v) is 13.9. The van der Waals surface area contributed by atoms with Crippen molar-refractivity contribution in [1.29, 1.82) is 0 Å². The third-order valence-electron chi connectivity index (χ3n) is 4.23. The molecule has 5 nitrogen and oxygen atoms in total. The molecule has 120 valence electrons. The van der Waals surface area contributed by atoms with Gasteiger partial charge in [-0.25, -0.2) is 4.98 Å². The molecule has 1 N–H and O–H groups in total. The topological polar surface area (TPSA) is 55.7 Å². The first-order chi connectivity index (χ1) is 11.6. The van der Waals surface area contributed by atoms with Gasteiger partial charge in [0, 0.05) is 25.0 Å². The van der Waals surface area contributed by atoms with Gasteiger partial charge in [0.2, 0.25) is 5.88 Å². The highest BCUT2D eigenvalue weighted by Crippen LogP contribution is 2.32. The lowest BCUT2D eigenvalue weighted by Crippen LogP contribution is -1.97. The number of ether oxygens (including phenoxy) is 1. The second kappa shape index (κ2) is 5.53. The molecule has 0 radical (unpaired) electrons. The maximum Gasteiger partial charge on any atom is 0.228 e. The molecule has 0 spiro atoms. The summed E-state index contributed by atoms with van der Waals surface area (Å²) in [5.74, 6) is 1.38. The first kappa shape index (κ1) is 14.5. The molecule has 5 heteroatoms. The number of rotatable bonds is 3. The smallest absolute Gasteiger partial charge is 0.228 e. The maximum atomic E-state index is 6.01. The number of aromatic nitrogens is 4. The molecular weight excluding hydrogens is 300 g/mol. The lowest BCUT2D eigenvalue weighted by atomic mass is 10.0. The van der Waals surface area contributed by atoms with E-state index in [1.165, 1.54) is 0 Å². The van der Waals surface area contributed by atoms with Crippen LogP contribution in [-0.4, -0.2) is 19.7 Å². The first-order valence-electron chi connectivity index (χ1n) is 7.83. The molecule has 0 saturated heterocycles. The van der Waals surface area contributed by atoms with E-state index in [0.29, 0.717) is 5.88 Å². The highest BCUT2D eigenvalue weighted by atomic mass is 16.5. The fraction of sp³-hybridized carbons (Fsp3) is 0.158. The van der Waals surface area contributed by atoms with Crippen LogP contribution in [0, 0.1) is 13.8 Å². The number of fused-ring (bicyclic) bond motifs is 1. The van der Waals surface area contributed by atoms with Gasteiger partial charge in [-0.1, -0.05) is 0 Å². The summed E-state index contributed by atoms with van der Waals surface area (Å²) >= 11 is 0. The van der Waals surface area contributed by atoms with Crippen LogP contribution in [-0.2, 0) is 7.05 Å². The van der Waals surface area contributed by atoms with Gasteiger partial charge in [-0.15, -0.1) is 0 Å². The molecule has 24 heavy (non-hydrogen) atoms. The maximum absolute atomic E-state index is 6.01. The van der Waals surface area contributed by atoms with Gasteiger partial charge in [-0.2, -0.15) is 5.10 Å². The zero-order valence-electron chi connectivity index (χ0n) is 13.9. The Labute approximate surface area is 139 Å². The number of aromatic amines is 1. The van der Waals surface area contributed by atoms with Crippen molar-refractivity contribution in [3.8, 4) is 22.9 Å². The Bertz CT molecular complexity index is 1010. The molecular formula is C19H18N4O. The third-order valence-corrected chi connectivity index (χ3v) is 4.23. The number of nitrogens with one attached hydrogen (secondary N) is 1. The molecule has 0 aliphatic heterocycles. The Morgan fingerprint density at radius 1 is 1.08 bits per heavy atom. The van der Waals surface area contributed by atoms with E-state index < -0.39 is 0 Å². The van der Waals surface area contributed by atoms with Crippen molar-refractivity contribution in [2.24, 2.45) is 7.05 Å². The van der Waals surface area contributed by atoms with Crippen molar-refractivity contribution in [2.75, 3.05) is 0 Å². The number of aryl methyl sites for hydroxylation is 3. The van der Waals surface area contributed by atoms with Crippen molar-refractivity contribution in [3.63, 3.8) is 0 Å². The summed E-state index contributed by atoms with van der Waals surface area (Å²) in [7, 11) is 1.96. The molecule has 0 unspecified atom stereocenters. The number of hydrogen-bond acceptors (Lipinski definition) is 3. The molecule has 3 heterocycles. The SMILES string of the molecule is Cc1cc(Oc2nccc3[nH]ccc23)ccc1-c1c(C)cnn1C. The minimum absolute atomic E-state index is 0.609. The minimum atomic E-state index is 0.609. The highest BCUT2D eigenvalue weighted by Gasteiger charge is 2.12. The van der Waals surface area contributed by atoms with Gasteiger partial charge in [-0.05, 0) is 55.3 Å². The van der Waals surface area contributed by atoms with Crippen molar-refractivity contribution >= 4 is 10.9 Å². The molecule has 0 bridgehead atoms. The van der Waals surface area contributed by atoms with Crippen molar-refractivity contribution in [3.05, 3.63) is 60.0 Å². The number of hydrogen-bond donors (Lipinski definition) is 1. The Morgan fingerprint density at radius 2 is 1.96 bits per heavy atom. The quantitative estimate of drug-likeness (QED) is 0.610. The predicted molar refractivity (Wildman–Crippen MR) is 94.3 cm³/mol. The van der Waals surface area contributed by atoms with E-state index >= 15 is 0 Å². The van der Waals surface area contributed by atoms with Gasteiger partial charge in [-0.3, -0.25) is 4.68 Å². The van der Waals surface area contributed by atoms with Gasteiger partial charge < -0.3 is 9.72 Å². The normalized spacial score (nSPS) is 11.1. The van der Waals surface area contributed by atoms with Crippen LogP contribution in [0.25, 0.3) is 22.2 Å². The van der Waals surface area contributed by atoms with Crippen LogP contribution in [0.4, 0.5) is 0 Å². The van der Waals surface area contributed by atoms with E-state index in [9.17, 15) is 0 Å². The van der Waals surface area contributed by atoms with Crippen molar-refractivity contribution in [1.82, 2.24) is 19.7 Å². The second-order valence-electron chi connectivity index (χ2n) is 5.93. The van der Waals surface area contributed by atoms with Gasteiger partial charge in [0.25, 0.3) is 0 Å². The molecule has 1 aromatic carbocycles. The molecule has 0 fully saturated rings. The van der Waals surface area contributed by atoms with Gasteiger partial charge >= 0.3 is 0 Å². The Morgan fingerprint density at radius 3 is 2.71 bits per heavy atom. The van der Waals surface area contributed by atoms with Crippen LogP contribution in [0.2, 0.25) is 0 Å². The van der Waals surface area contributed by atoms with E-state index in [2.05, 4.69) is 35.0 Å². The molecule has 0 amide bonds. The van der Waals surface area contributed by atoms with Gasteiger partial charge in [0.05, 0.1) is 22.8 Å². The summed E-state index contributed by atoms with van der Waals surface area (Å²) in [6, 6.07) is 9.99. The van der Waals surface area contributed by atoms with Crippen LogP contribution in [0.15, 0.2) is 48.9 Å². The monoisotopic (exact) mass is 318 g/mol. The van der Waals surface area contributed by atoms with Crippen molar-refractivity contribution in [2.45, 2.75) is 13.8 Å². The minimum Gasteiger partial charge on any atom is -0.438 e. The largest absolute Gasteiger partial charge is 0.438 e. The molecule has 0 aliphatic carbocycles. The average molecular weight is 318 g/mol. The van der Waals surface area contributed by atoms with Gasteiger partial charge in [0.1, 0.15) is 5.75 Å². The second-order valence-corrected chi connectivity index (χ2v) is 5.93. The summed E-state index contributed by atoms with van der Waals surface area (Å²) in [5.41, 5.74) is 5.60. The number of nitrogens with zero attached hydrogens (tertiary/aromatic N) is 3. The molecule has 4 aromatic rings. The van der Waals surface area contributed by atoms with E-state index in [1.54, 1.807) is 6.20 Å². The summed E-state index contributed by atoms with van der Waals surface area (Å²) in [5, 5.41) is 5.30. The average Bonchev–Trinajstić information content (AvgIpc) is 3.16. The summed E-state index contributed by atoms with van der Waals surface area (Å²) in [6.45, 7) is 4.15. The van der Waals surface area contributed by atoms with Crippen LogP contribution < -0.4 is 4.74 Å². The lowest BCUT2D eigenvalue weighted by molar-refractivity contribution is 0.469. The summed E-state index contributed by atoms with van der Waals surface area (Å²) in [6.07, 6.45) is 5.52. The van der Waals surface area contributed by atoms with E-state index in [0.717, 1.165) is 39.0 Å². The Balaban J connectivity index is 1.71.